The third-order valence-corrected chi connectivity index (χ3v) is 2.44. The maximum atomic E-state index is 8.44. The third kappa shape index (κ3) is 6.30. The Hall–Kier alpha value is -0.810. The maximum absolute atomic E-state index is 8.44. The van der Waals surface area contributed by atoms with Crippen molar-refractivity contribution in [1.29, 1.82) is 0 Å². The molecule has 0 aliphatic carbocycles. The topological polar surface area (TPSA) is 65.1 Å². The van der Waals surface area contributed by atoms with E-state index in [9.17, 15) is 0 Å². The molecule has 0 fully saturated rings. The number of hydrogen-bond acceptors (Lipinski definition) is 4. The van der Waals surface area contributed by atoms with Crippen molar-refractivity contribution in [2.75, 3.05) is 33.7 Å². The highest BCUT2D eigenvalue weighted by Gasteiger charge is 2.12. The predicted octanol–water partition coefficient (Wildman–Crippen LogP) is 0.395. The fourth-order valence-electron chi connectivity index (χ4n) is 1.64. The Kier molecular flexibility index (Phi) is 7.07. The van der Waals surface area contributed by atoms with Gasteiger partial charge in [-0.05, 0) is 27.6 Å². The van der Waals surface area contributed by atoms with Gasteiger partial charge >= 0.3 is 0 Å². The lowest BCUT2D eigenvalue weighted by atomic mass is 10.2. The highest BCUT2D eigenvalue weighted by molar-refractivity contribution is 5.79. The zero-order chi connectivity index (χ0) is 11.8. The molecule has 5 nitrogen and oxygen atoms in total. The molecule has 0 saturated carbocycles. The molecule has 0 spiro atoms. The lowest BCUT2D eigenvalue weighted by Crippen LogP contribution is -2.41. The Morgan fingerprint density at radius 3 is 2.47 bits per heavy atom. The van der Waals surface area contributed by atoms with E-state index in [1.807, 2.05) is 0 Å². The van der Waals surface area contributed by atoms with E-state index in [2.05, 4.69) is 42.9 Å². The molecule has 1 unspecified atom stereocenters. The smallest absolute Gasteiger partial charge is 0.140 e. The van der Waals surface area contributed by atoms with Crippen LogP contribution in [0.5, 0.6) is 0 Å². The van der Waals surface area contributed by atoms with Crippen LogP contribution in [0.2, 0.25) is 0 Å². The second-order valence-electron chi connectivity index (χ2n) is 4.08. The van der Waals surface area contributed by atoms with Crippen LogP contribution >= 0.6 is 0 Å². The number of nitrogens with zero attached hydrogens (tertiary/aromatic N) is 3. The molecule has 0 bridgehead atoms. The van der Waals surface area contributed by atoms with Gasteiger partial charge in [0.15, 0.2) is 0 Å². The minimum atomic E-state index is 0.297. The van der Waals surface area contributed by atoms with Gasteiger partial charge in [0, 0.05) is 25.6 Å². The summed E-state index contributed by atoms with van der Waals surface area (Å²) in [5.74, 6) is 0.297. The SMILES string of the molecule is CCN(CCC(N)=NO)C(C)CN(C)C. The number of likely N-dealkylation sites (N-methyl/N-ethyl adjacent to an activating group) is 2. The largest absolute Gasteiger partial charge is 0.409 e. The fraction of sp³-hybridized carbons (Fsp3) is 0.900. The van der Waals surface area contributed by atoms with Gasteiger partial charge in [-0.15, -0.1) is 0 Å². The second kappa shape index (κ2) is 7.48. The minimum absolute atomic E-state index is 0.297. The van der Waals surface area contributed by atoms with Gasteiger partial charge in [-0.2, -0.15) is 0 Å². The first-order valence-electron chi connectivity index (χ1n) is 5.36. The summed E-state index contributed by atoms with van der Waals surface area (Å²) in [6.45, 7) is 7.15. The molecule has 0 radical (unpaired) electrons. The summed E-state index contributed by atoms with van der Waals surface area (Å²) in [7, 11) is 4.13. The van der Waals surface area contributed by atoms with Crippen molar-refractivity contribution in [1.82, 2.24) is 9.80 Å². The lowest BCUT2D eigenvalue weighted by molar-refractivity contribution is 0.185. The standard InChI is InChI=1S/C10H24N4O/c1-5-14(7-6-10(11)12-15)9(2)8-13(3)4/h9,15H,5-8H2,1-4H3,(H2,11,12). The van der Waals surface area contributed by atoms with Gasteiger partial charge in [0.05, 0.1) is 0 Å². The van der Waals surface area contributed by atoms with E-state index in [1.54, 1.807) is 0 Å². The predicted molar refractivity (Wildman–Crippen MR) is 63.3 cm³/mol. The van der Waals surface area contributed by atoms with Crippen LogP contribution in [0.3, 0.4) is 0 Å². The van der Waals surface area contributed by atoms with Gasteiger partial charge in [0.25, 0.3) is 0 Å². The summed E-state index contributed by atoms with van der Waals surface area (Å²) < 4.78 is 0. The summed E-state index contributed by atoms with van der Waals surface area (Å²) in [5, 5.41) is 11.4. The molecule has 0 aromatic carbocycles. The van der Waals surface area contributed by atoms with Gasteiger partial charge in [0.2, 0.25) is 0 Å². The Morgan fingerprint density at radius 2 is 2.07 bits per heavy atom. The van der Waals surface area contributed by atoms with Gasteiger partial charge < -0.3 is 15.8 Å². The minimum Gasteiger partial charge on any atom is -0.409 e. The van der Waals surface area contributed by atoms with E-state index in [-0.39, 0.29) is 0 Å². The monoisotopic (exact) mass is 216 g/mol. The summed E-state index contributed by atoms with van der Waals surface area (Å²) >= 11 is 0. The van der Waals surface area contributed by atoms with Crippen molar-refractivity contribution in [3.05, 3.63) is 0 Å². The molecule has 0 aromatic rings. The number of amidine groups is 1. The molecule has 0 aliphatic rings. The summed E-state index contributed by atoms with van der Waals surface area (Å²) in [5.41, 5.74) is 5.44. The van der Waals surface area contributed by atoms with Crippen molar-refractivity contribution in [3.63, 3.8) is 0 Å². The number of nitrogens with two attached hydrogens (primary N) is 1. The molecule has 0 aliphatic heterocycles. The highest BCUT2D eigenvalue weighted by Crippen LogP contribution is 2.01. The molecule has 0 heterocycles. The first-order valence-corrected chi connectivity index (χ1v) is 5.36. The van der Waals surface area contributed by atoms with E-state index >= 15 is 0 Å². The van der Waals surface area contributed by atoms with Crippen molar-refractivity contribution < 1.29 is 5.21 Å². The quantitative estimate of drug-likeness (QED) is 0.280. The molecule has 0 aromatic heterocycles. The normalized spacial score (nSPS) is 14.9. The van der Waals surface area contributed by atoms with Crippen molar-refractivity contribution in [2.24, 2.45) is 10.9 Å². The Labute approximate surface area is 92.5 Å². The summed E-state index contributed by atoms with van der Waals surface area (Å²) in [4.78, 5) is 4.48. The van der Waals surface area contributed by atoms with E-state index in [0.29, 0.717) is 18.3 Å². The van der Waals surface area contributed by atoms with Crippen molar-refractivity contribution >= 4 is 5.84 Å². The molecular weight excluding hydrogens is 192 g/mol. The van der Waals surface area contributed by atoms with Gasteiger partial charge in [-0.25, -0.2) is 0 Å². The molecule has 5 heteroatoms. The van der Waals surface area contributed by atoms with Crippen LogP contribution in [-0.2, 0) is 0 Å². The number of hydrogen-bond donors (Lipinski definition) is 2. The lowest BCUT2D eigenvalue weighted by Gasteiger charge is -2.29. The first-order chi connectivity index (χ1) is 7.01. The van der Waals surface area contributed by atoms with Gasteiger partial charge in [-0.3, -0.25) is 4.90 Å². The Morgan fingerprint density at radius 1 is 1.47 bits per heavy atom. The molecule has 15 heavy (non-hydrogen) atoms. The third-order valence-electron chi connectivity index (χ3n) is 2.44. The maximum Gasteiger partial charge on any atom is 0.140 e. The number of rotatable bonds is 7. The van der Waals surface area contributed by atoms with Gasteiger partial charge in [-0.1, -0.05) is 12.1 Å². The van der Waals surface area contributed by atoms with Crippen LogP contribution in [0.15, 0.2) is 5.16 Å². The molecule has 0 amide bonds. The Bertz CT molecular complexity index is 194. The average molecular weight is 216 g/mol. The fourth-order valence-corrected chi connectivity index (χ4v) is 1.64. The van der Waals surface area contributed by atoms with Crippen LogP contribution in [0.25, 0.3) is 0 Å². The van der Waals surface area contributed by atoms with Crippen molar-refractivity contribution in [3.8, 4) is 0 Å². The highest BCUT2D eigenvalue weighted by atomic mass is 16.4. The molecule has 3 N–H and O–H groups in total. The molecule has 0 saturated heterocycles. The van der Waals surface area contributed by atoms with Crippen LogP contribution in [0.1, 0.15) is 20.3 Å². The molecule has 1 atom stereocenters. The van der Waals surface area contributed by atoms with E-state index in [1.165, 1.54) is 0 Å². The zero-order valence-corrected chi connectivity index (χ0v) is 10.3. The Balaban J connectivity index is 4.01. The van der Waals surface area contributed by atoms with Gasteiger partial charge in [0.1, 0.15) is 5.84 Å². The molecule has 0 rings (SSSR count). The van der Waals surface area contributed by atoms with E-state index in [0.717, 1.165) is 19.6 Å². The number of oxime groups is 1. The average Bonchev–Trinajstić information content (AvgIpc) is 2.17. The molecular formula is C10H24N4O. The zero-order valence-electron chi connectivity index (χ0n) is 10.3. The summed E-state index contributed by atoms with van der Waals surface area (Å²) in [6.07, 6.45) is 0.613. The summed E-state index contributed by atoms with van der Waals surface area (Å²) in [6, 6.07) is 0.483. The van der Waals surface area contributed by atoms with Crippen LogP contribution < -0.4 is 5.73 Å². The first kappa shape index (κ1) is 14.2. The van der Waals surface area contributed by atoms with Crippen LogP contribution in [0.4, 0.5) is 0 Å². The van der Waals surface area contributed by atoms with Crippen LogP contribution in [0, 0.1) is 0 Å². The van der Waals surface area contributed by atoms with E-state index < -0.39 is 0 Å². The second-order valence-corrected chi connectivity index (χ2v) is 4.08. The molecule has 90 valence electrons. The van der Waals surface area contributed by atoms with Crippen LogP contribution in [-0.4, -0.2) is 60.6 Å². The van der Waals surface area contributed by atoms with Crippen molar-refractivity contribution in [2.45, 2.75) is 26.3 Å². The van der Waals surface area contributed by atoms with E-state index in [4.69, 9.17) is 10.9 Å².